The van der Waals surface area contributed by atoms with E-state index < -0.39 is 11.5 Å². The molecule has 0 nitrogen and oxygen atoms in total. The van der Waals surface area contributed by atoms with Crippen LogP contribution in [0, 0.1) is 5.92 Å². The lowest BCUT2D eigenvalue weighted by Gasteiger charge is -2.03. The highest BCUT2D eigenvalue weighted by molar-refractivity contribution is 6.44. The van der Waals surface area contributed by atoms with Crippen molar-refractivity contribution in [2.24, 2.45) is 5.92 Å². The van der Waals surface area contributed by atoms with Gasteiger partial charge in [-0.3, -0.25) is 4.39 Å². The molecule has 0 amide bonds. The number of hydrogen-bond donors (Lipinski definition) is 0. The van der Waals surface area contributed by atoms with Gasteiger partial charge in [0.1, 0.15) is 4.84 Å². The van der Waals surface area contributed by atoms with Crippen molar-refractivity contribution >= 4 is 23.2 Å². The third-order valence-corrected chi connectivity index (χ3v) is 1.53. The molecule has 1 atom stereocenters. The molecule has 0 aromatic rings. The highest BCUT2D eigenvalue weighted by Gasteiger charge is 2.08. The monoisotopic (exact) mass is 144 g/mol. The summed E-state index contributed by atoms with van der Waals surface area (Å²) < 4.78 is 11.5. The predicted octanol–water partition coefficient (Wildman–Crippen LogP) is 2.40. The van der Waals surface area contributed by atoms with Crippen LogP contribution in [0.15, 0.2) is 0 Å². The van der Waals surface area contributed by atoms with Gasteiger partial charge < -0.3 is 0 Å². The second-order valence-electron chi connectivity index (χ2n) is 1.47. The van der Waals surface area contributed by atoms with Gasteiger partial charge >= 0.3 is 0 Å². The van der Waals surface area contributed by atoms with Crippen LogP contribution in [-0.2, 0) is 0 Å². The summed E-state index contributed by atoms with van der Waals surface area (Å²) in [6.07, 6.45) is 0. The van der Waals surface area contributed by atoms with Crippen molar-refractivity contribution in [3.63, 3.8) is 0 Å². The smallest absolute Gasteiger partial charge is 0.112 e. The van der Waals surface area contributed by atoms with Gasteiger partial charge in [0.05, 0.1) is 6.67 Å². The number of rotatable bonds is 2. The molecular weight excluding hydrogens is 138 g/mol. The van der Waals surface area contributed by atoms with Crippen LogP contribution in [-0.4, -0.2) is 11.5 Å². The lowest BCUT2D eigenvalue weighted by molar-refractivity contribution is 0.398. The largest absolute Gasteiger partial charge is 0.251 e. The van der Waals surface area contributed by atoms with E-state index in [1.165, 1.54) is 0 Å². The van der Waals surface area contributed by atoms with E-state index in [4.69, 9.17) is 23.2 Å². The summed E-state index contributed by atoms with van der Waals surface area (Å²) in [5.41, 5.74) is 0. The fourth-order valence-electron chi connectivity index (χ4n) is 0.0673. The molecule has 7 heavy (non-hydrogen) atoms. The third kappa shape index (κ3) is 3.12. The molecule has 0 bridgehead atoms. The van der Waals surface area contributed by atoms with Gasteiger partial charge in [-0.2, -0.15) is 0 Å². The van der Waals surface area contributed by atoms with Crippen molar-refractivity contribution in [2.45, 2.75) is 11.8 Å². The van der Waals surface area contributed by atoms with Crippen molar-refractivity contribution in [1.82, 2.24) is 0 Å². The molecule has 0 radical (unpaired) electrons. The van der Waals surface area contributed by atoms with Gasteiger partial charge in [0.25, 0.3) is 0 Å². The minimum absolute atomic E-state index is 0.233. The molecule has 0 rings (SSSR count). The second-order valence-corrected chi connectivity index (χ2v) is 2.63. The Bertz CT molecular complexity index is 47.0. The molecule has 0 saturated heterocycles. The van der Waals surface area contributed by atoms with Gasteiger partial charge in [-0.05, 0) is 0 Å². The van der Waals surface area contributed by atoms with E-state index in [2.05, 4.69) is 0 Å². The summed E-state index contributed by atoms with van der Waals surface area (Å²) in [5, 5.41) is 0. The molecule has 0 aromatic carbocycles. The Morgan fingerprint density at radius 3 is 2.00 bits per heavy atom. The highest BCUT2D eigenvalue weighted by atomic mass is 35.5. The van der Waals surface area contributed by atoms with Crippen molar-refractivity contribution in [2.75, 3.05) is 6.67 Å². The maximum Gasteiger partial charge on any atom is 0.112 e. The molecular formula is C4H7Cl2F. The van der Waals surface area contributed by atoms with Gasteiger partial charge in [-0.15, -0.1) is 23.2 Å². The highest BCUT2D eigenvalue weighted by Crippen LogP contribution is 2.13. The van der Waals surface area contributed by atoms with Gasteiger partial charge in [-0.25, -0.2) is 0 Å². The first-order chi connectivity index (χ1) is 3.18. The van der Waals surface area contributed by atoms with Gasteiger partial charge in [-0.1, -0.05) is 6.92 Å². The molecule has 44 valence electrons. The quantitative estimate of drug-likeness (QED) is 0.523. The molecule has 0 unspecified atom stereocenters. The third-order valence-electron chi connectivity index (χ3n) is 0.674. The van der Waals surface area contributed by atoms with Crippen LogP contribution in [0.4, 0.5) is 4.39 Å². The maximum absolute atomic E-state index is 11.5. The van der Waals surface area contributed by atoms with Crippen molar-refractivity contribution in [3.8, 4) is 0 Å². The van der Waals surface area contributed by atoms with Gasteiger partial charge in [0.2, 0.25) is 0 Å². The van der Waals surface area contributed by atoms with E-state index in [9.17, 15) is 4.39 Å². The minimum atomic E-state index is -0.565. The molecule has 0 aliphatic rings. The Kier molecular flexibility index (Phi) is 3.76. The lowest BCUT2D eigenvalue weighted by atomic mass is 10.2. The summed E-state index contributed by atoms with van der Waals surface area (Å²) in [5.74, 6) is -0.233. The summed E-state index contributed by atoms with van der Waals surface area (Å²) in [7, 11) is 0. The van der Waals surface area contributed by atoms with Crippen LogP contribution in [0.2, 0.25) is 0 Å². The van der Waals surface area contributed by atoms with Crippen molar-refractivity contribution in [1.29, 1.82) is 0 Å². The van der Waals surface area contributed by atoms with Gasteiger partial charge in [0.15, 0.2) is 0 Å². The molecule has 0 heterocycles. The first-order valence-electron chi connectivity index (χ1n) is 2.02. The van der Waals surface area contributed by atoms with Crippen LogP contribution < -0.4 is 0 Å². The zero-order valence-electron chi connectivity index (χ0n) is 4.00. The molecule has 0 spiro atoms. The van der Waals surface area contributed by atoms with Crippen molar-refractivity contribution in [3.05, 3.63) is 0 Å². The van der Waals surface area contributed by atoms with Crippen LogP contribution in [0.1, 0.15) is 6.92 Å². The van der Waals surface area contributed by atoms with Crippen molar-refractivity contribution < 1.29 is 4.39 Å². The maximum atomic E-state index is 11.5. The van der Waals surface area contributed by atoms with E-state index in [-0.39, 0.29) is 5.92 Å². The van der Waals surface area contributed by atoms with Gasteiger partial charge in [0, 0.05) is 5.92 Å². The number of alkyl halides is 3. The molecule has 3 heteroatoms. The van der Waals surface area contributed by atoms with E-state index in [1.807, 2.05) is 0 Å². The first kappa shape index (κ1) is 7.51. The molecule has 0 fully saturated rings. The molecule has 0 N–H and O–H groups in total. The summed E-state index contributed by atoms with van der Waals surface area (Å²) in [6, 6.07) is 0. The Hall–Kier alpha value is 0.510. The predicted molar refractivity (Wildman–Crippen MR) is 30.6 cm³/mol. The molecule has 0 aliphatic heterocycles. The van der Waals surface area contributed by atoms with E-state index in [0.717, 1.165) is 0 Å². The van der Waals surface area contributed by atoms with E-state index >= 15 is 0 Å². The Morgan fingerprint density at radius 1 is 1.57 bits per heavy atom. The summed E-state index contributed by atoms with van der Waals surface area (Å²) in [4.78, 5) is -0.565. The van der Waals surface area contributed by atoms with E-state index in [0.29, 0.717) is 0 Å². The average Bonchev–Trinajstić information content (AvgIpc) is 1.65. The zero-order chi connectivity index (χ0) is 5.86. The van der Waals surface area contributed by atoms with Crippen LogP contribution >= 0.6 is 23.2 Å². The second kappa shape index (κ2) is 3.50. The Balaban J connectivity index is 3.14. The number of hydrogen-bond acceptors (Lipinski definition) is 0. The zero-order valence-corrected chi connectivity index (χ0v) is 5.51. The minimum Gasteiger partial charge on any atom is -0.251 e. The Labute approximate surface area is 52.6 Å². The topological polar surface area (TPSA) is 0 Å². The SMILES string of the molecule is C[C@H](CF)C(Cl)Cl. The first-order valence-corrected chi connectivity index (χ1v) is 2.90. The normalized spacial score (nSPS) is 15.0. The van der Waals surface area contributed by atoms with Crippen LogP contribution in [0.3, 0.4) is 0 Å². The number of halogens is 3. The molecule has 0 saturated carbocycles. The standard InChI is InChI=1S/C4H7Cl2F/c1-3(2-7)4(5)6/h3-4H,2H2,1H3/t3-/m1/s1. The van der Waals surface area contributed by atoms with Crippen LogP contribution in [0.5, 0.6) is 0 Å². The fraction of sp³-hybridized carbons (Fsp3) is 1.00. The Morgan fingerprint density at radius 2 is 2.00 bits per heavy atom. The van der Waals surface area contributed by atoms with E-state index in [1.54, 1.807) is 6.92 Å². The fourth-order valence-corrected chi connectivity index (χ4v) is 0.202. The lowest BCUT2D eigenvalue weighted by Crippen LogP contribution is -2.05. The average molecular weight is 145 g/mol. The molecule has 0 aliphatic carbocycles. The summed E-state index contributed by atoms with van der Waals surface area (Å²) >= 11 is 10.5. The summed E-state index contributed by atoms with van der Waals surface area (Å²) in [6.45, 7) is 1.21. The van der Waals surface area contributed by atoms with Crippen LogP contribution in [0.25, 0.3) is 0 Å². The molecule has 0 aromatic heterocycles.